The van der Waals surface area contributed by atoms with Gasteiger partial charge in [0.2, 0.25) is 11.6 Å². The van der Waals surface area contributed by atoms with E-state index in [9.17, 15) is 19.7 Å². The van der Waals surface area contributed by atoms with E-state index >= 15 is 0 Å². The van der Waals surface area contributed by atoms with Crippen LogP contribution in [-0.2, 0) is 9.53 Å². The number of amides is 1. The van der Waals surface area contributed by atoms with E-state index < -0.39 is 10.8 Å². The standard InChI is InChI=1S/C18H21N7O5/c1-2-30-18(27)13-5-9-24(10-6-13)16-14(25(28)29)15(20-11-21-16)22-23-17(26)12-3-7-19-8-4-12/h3-4,7-8,11,13H,2,5-6,9-10H2,1H3,(H,23,26)(H,20,21,22). The second-order valence-corrected chi connectivity index (χ2v) is 6.48. The molecule has 12 heteroatoms. The summed E-state index contributed by atoms with van der Waals surface area (Å²) < 4.78 is 5.05. The maximum atomic E-state index is 12.2. The first kappa shape index (κ1) is 20.9. The number of hydrogen-bond acceptors (Lipinski definition) is 10. The molecule has 2 aromatic rings. The number of anilines is 2. The Balaban J connectivity index is 1.73. The second kappa shape index (κ2) is 9.58. The van der Waals surface area contributed by atoms with Crippen LogP contribution in [0.3, 0.4) is 0 Å². The first-order valence-electron chi connectivity index (χ1n) is 9.38. The number of piperidine rings is 1. The predicted molar refractivity (Wildman–Crippen MR) is 106 cm³/mol. The molecule has 12 nitrogen and oxygen atoms in total. The normalized spacial score (nSPS) is 14.1. The minimum absolute atomic E-state index is 0.123. The van der Waals surface area contributed by atoms with Gasteiger partial charge in [-0.25, -0.2) is 9.97 Å². The Hall–Kier alpha value is -3.83. The molecule has 0 spiro atoms. The van der Waals surface area contributed by atoms with E-state index in [1.54, 1.807) is 11.8 Å². The summed E-state index contributed by atoms with van der Waals surface area (Å²) in [6.45, 7) is 2.88. The van der Waals surface area contributed by atoms with Gasteiger partial charge in [0, 0.05) is 31.0 Å². The van der Waals surface area contributed by atoms with Crippen LogP contribution in [0, 0.1) is 16.0 Å². The molecular formula is C18H21N7O5. The molecule has 3 heterocycles. The van der Waals surface area contributed by atoms with Crippen molar-refractivity contribution in [1.82, 2.24) is 20.4 Å². The van der Waals surface area contributed by atoms with Crippen molar-refractivity contribution in [2.45, 2.75) is 19.8 Å². The number of carbonyl (C=O) groups excluding carboxylic acids is 2. The third kappa shape index (κ3) is 4.77. The Morgan fingerprint density at radius 2 is 1.97 bits per heavy atom. The lowest BCUT2D eigenvalue weighted by atomic mass is 9.97. The quantitative estimate of drug-likeness (QED) is 0.384. The fourth-order valence-corrected chi connectivity index (χ4v) is 3.14. The molecule has 1 fully saturated rings. The van der Waals surface area contributed by atoms with E-state index in [4.69, 9.17) is 4.74 Å². The highest BCUT2D eigenvalue weighted by Crippen LogP contribution is 2.33. The minimum atomic E-state index is -0.603. The highest BCUT2D eigenvalue weighted by Gasteiger charge is 2.32. The zero-order valence-electron chi connectivity index (χ0n) is 16.3. The third-order valence-corrected chi connectivity index (χ3v) is 4.64. The zero-order chi connectivity index (χ0) is 21.5. The number of esters is 1. The SMILES string of the molecule is CCOC(=O)C1CCN(c2ncnc(NNC(=O)c3ccncc3)c2[N+](=O)[O-])CC1. The molecule has 2 N–H and O–H groups in total. The van der Waals surface area contributed by atoms with Crippen molar-refractivity contribution in [1.29, 1.82) is 0 Å². The summed E-state index contributed by atoms with van der Waals surface area (Å²) in [5, 5.41) is 11.7. The van der Waals surface area contributed by atoms with Gasteiger partial charge >= 0.3 is 11.7 Å². The number of nitrogens with zero attached hydrogens (tertiary/aromatic N) is 5. The van der Waals surface area contributed by atoms with Crippen molar-refractivity contribution in [2.24, 2.45) is 5.92 Å². The molecule has 0 unspecified atom stereocenters. The number of nitro groups is 1. The Morgan fingerprint density at radius 1 is 1.27 bits per heavy atom. The number of pyridine rings is 1. The molecule has 0 atom stereocenters. The lowest BCUT2D eigenvalue weighted by Crippen LogP contribution is -2.38. The van der Waals surface area contributed by atoms with Crippen molar-refractivity contribution < 1.29 is 19.2 Å². The van der Waals surface area contributed by atoms with Gasteiger partial charge in [-0.1, -0.05) is 0 Å². The first-order chi connectivity index (χ1) is 14.5. The molecule has 1 saturated heterocycles. The highest BCUT2D eigenvalue weighted by molar-refractivity contribution is 5.94. The van der Waals surface area contributed by atoms with Crippen LogP contribution < -0.4 is 15.8 Å². The molecule has 0 aromatic carbocycles. The maximum Gasteiger partial charge on any atom is 0.355 e. The van der Waals surface area contributed by atoms with Crippen molar-refractivity contribution in [3.63, 3.8) is 0 Å². The maximum absolute atomic E-state index is 12.2. The second-order valence-electron chi connectivity index (χ2n) is 6.48. The summed E-state index contributed by atoms with van der Waals surface area (Å²) in [6.07, 6.45) is 5.10. The summed E-state index contributed by atoms with van der Waals surface area (Å²) in [6, 6.07) is 3.01. The fourth-order valence-electron chi connectivity index (χ4n) is 3.14. The third-order valence-electron chi connectivity index (χ3n) is 4.64. The lowest BCUT2D eigenvalue weighted by Gasteiger charge is -2.31. The van der Waals surface area contributed by atoms with Crippen LogP contribution in [0.5, 0.6) is 0 Å². The molecule has 1 amide bonds. The van der Waals surface area contributed by atoms with Gasteiger partial charge in [-0.3, -0.25) is 35.5 Å². The fraction of sp³-hybridized carbons (Fsp3) is 0.389. The van der Waals surface area contributed by atoms with E-state index in [1.807, 2.05) is 0 Å². The smallest absolute Gasteiger partial charge is 0.355 e. The van der Waals surface area contributed by atoms with E-state index in [0.29, 0.717) is 38.1 Å². The minimum Gasteiger partial charge on any atom is -0.466 e. The van der Waals surface area contributed by atoms with Crippen molar-refractivity contribution >= 4 is 29.2 Å². The van der Waals surface area contributed by atoms with E-state index in [1.165, 1.54) is 30.9 Å². The molecule has 0 saturated carbocycles. The molecule has 2 aromatic heterocycles. The topological polar surface area (TPSA) is 152 Å². The van der Waals surface area contributed by atoms with Gasteiger partial charge in [0.1, 0.15) is 6.33 Å². The van der Waals surface area contributed by atoms with E-state index in [2.05, 4.69) is 25.8 Å². The summed E-state index contributed by atoms with van der Waals surface area (Å²) in [5.41, 5.74) is 4.86. The molecule has 30 heavy (non-hydrogen) atoms. The zero-order valence-corrected chi connectivity index (χ0v) is 16.3. The molecular weight excluding hydrogens is 394 g/mol. The van der Waals surface area contributed by atoms with E-state index in [0.717, 1.165) is 0 Å². The Bertz CT molecular complexity index is 916. The van der Waals surface area contributed by atoms with E-state index in [-0.39, 0.29) is 29.2 Å². The van der Waals surface area contributed by atoms with Crippen LogP contribution in [0.1, 0.15) is 30.1 Å². The van der Waals surface area contributed by atoms with Gasteiger partial charge in [0.05, 0.1) is 17.4 Å². The van der Waals surface area contributed by atoms with Gasteiger partial charge in [0.15, 0.2) is 0 Å². The van der Waals surface area contributed by atoms with Gasteiger partial charge < -0.3 is 9.64 Å². The Kier molecular flexibility index (Phi) is 6.67. The summed E-state index contributed by atoms with van der Waals surface area (Å²) in [5.74, 6) is -1.00. The van der Waals surface area contributed by atoms with Crippen LogP contribution in [0.15, 0.2) is 30.9 Å². The Morgan fingerprint density at radius 3 is 2.60 bits per heavy atom. The average Bonchev–Trinajstić information content (AvgIpc) is 2.78. The number of ether oxygens (including phenoxy) is 1. The number of hydrazine groups is 1. The predicted octanol–water partition coefficient (Wildman–Crippen LogP) is 1.32. The van der Waals surface area contributed by atoms with Gasteiger partial charge in [-0.15, -0.1) is 0 Å². The summed E-state index contributed by atoms with van der Waals surface area (Å²) >= 11 is 0. The molecule has 0 aliphatic carbocycles. The van der Waals surface area contributed by atoms with Gasteiger partial charge in [-0.05, 0) is 31.9 Å². The van der Waals surface area contributed by atoms with Crippen LogP contribution in [0.2, 0.25) is 0 Å². The monoisotopic (exact) mass is 415 g/mol. The average molecular weight is 415 g/mol. The first-order valence-corrected chi connectivity index (χ1v) is 9.38. The van der Waals surface area contributed by atoms with Crippen molar-refractivity contribution in [3.05, 3.63) is 46.5 Å². The highest BCUT2D eigenvalue weighted by atomic mass is 16.6. The number of rotatable bonds is 7. The molecule has 3 rings (SSSR count). The lowest BCUT2D eigenvalue weighted by molar-refractivity contribution is -0.383. The van der Waals surface area contributed by atoms with Crippen LogP contribution in [-0.4, -0.2) is 51.4 Å². The molecule has 1 aliphatic heterocycles. The van der Waals surface area contributed by atoms with Gasteiger partial charge in [0.25, 0.3) is 5.91 Å². The number of hydrogen-bond donors (Lipinski definition) is 2. The van der Waals surface area contributed by atoms with Crippen LogP contribution in [0.25, 0.3) is 0 Å². The molecule has 1 aliphatic rings. The molecule has 158 valence electrons. The largest absolute Gasteiger partial charge is 0.466 e. The number of nitrogens with one attached hydrogen (secondary N) is 2. The van der Waals surface area contributed by atoms with Crippen molar-refractivity contribution in [3.8, 4) is 0 Å². The number of aromatic nitrogens is 3. The van der Waals surface area contributed by atoms with Crippen LogP contribution in [0.4, 0.5) is 17.3 Å². The molecule has 0 bridgehead atoms. The van der Waals surface area contributed by atoms with Gasteiger partial charge in [-0.2, -0.15) is 0 Å². The number of carbonyl (C=O) groups is 2. The molecule has 0 radical (unpaired) electrons. The summed E-state index contributed by atoms with van der Waals surface area (Å²) in [7, 11) is 0. The van der Waals surface area contributed by atoms with Crippen molar-refractivity contribution in [2.75, 3.05) is 30.0 Å². The van der Waals surface area contributed by atoms with Crippen LogP contribution >= 0.6 is 0 Å². The Labute approximate surface area is 171 Å². The summed E-state index contributed by atoms with van der Waals surface area (Å²) in [4.78, 5) is 48.7.